The lowest BCUT2D eigenvalue weighted by molar-refractivity contribution is -0.147. The summed E-state index contributed by atoms with van der Waals surface area (Å²) in [7, 11) is 0. The van der Waals surface area contributed by atoms with Crippen LogP contribution < -0.4 is 11.1 Å². The Morgan fingerprint density at radius 3 is 2.84 bits per heavy atom. The Morgan fingerprint density at radius 2 is 2.04 bits per heavy atom. The van der Waals surface area contributed by atoms with E-state index >= 15 is 0 Å². The van der Waals surface area contributed by atoms with Crippen molar-refractivity contribution in [1.29, 1.82) is 0 Å². The van der Waals surface area contributed by atoms with Gasteiger partial charge in [0.1, 0.15) is 11.5 Å². The van der Waals surface area contributed by atoms with Crippen molar-refractivity contribution in [3.05, 3.63) is 47.6 Å². The molecule has 0 aliphatic carbocycles. The topological polar surface area (TPSA) is 116 Å². The maximum atomic E-state index is 11.9. The number of hydrogen-bond acceptors (Lipinski definition) is 6. The lowest BCUT2D eigenvalue weighted by Crippen LogP contribution is -2.23. The number of nitrogens with two attached hydrogens (primary N) is 1. The highest BCUT2D eigenvalue weighted by Gasteiger charge is 2.14. The van der Waals surface area contributed by atoms with Crippen molar-refractivity contribution in [2.75, 3.05) is 11.9 Å². The molecule has 2 aromatic heterocycles. The molecular weight excluding hydrogens is 344 g/mol. The van der Waals surface area contributed by atoms with Crippen LogP contribution in [0.5, 0.6) is 0 Å². The van der Waals surface area contributed by atoms with Gasteiger partial charge in [-0.25, -0.2) is 4.98 Å². The van der Waals surface area contributed by atoms with E-state index in [2.05, 4.69) is 10.3 Å². The van der Waals surface area contributed by atoms with Gasteiger partial charge >= 0.3 is 5.97 Å². The molecule has 128 valence electrons. The standard InChI is InChI=1S/C16H14N4O4S/c17-15(23)10-5-6-25-16(10)19-13(21)8-24-14(22)7-20-9-18-11-3-1-2-4-12(11)20/h1-6,9H,7-8H2,(H2,17,23)(H,19,21). The number of ether oxygens (including phenoxy) is 1. The highest BCUT2D eigenvalue weighted by atomic mass is 32.1. The molecule has 0 atom stereocenters. The molecule has 9 heteroatoms. The summed E-state index contributed by atoms with van der Waals surface area (Å²) >= 11 is 1.16. The molecule has 0 fully saturated rings. The molecule has 0 saturated heterocycles. The second kappa shape index (κ2) is 7.14. The van der Waals surface area contributed by atoms with E-state index in [0.717, 1.165) is 22.4 Å². The SMILES string of the molecule is NC(=O)c1ccsc1NC(=O)COC(=O)Cn1cnc2ccccc21. The zero-order valence-electron chi connectivity index (χ0n) is 13.0. The molecule has 8 nitrogen and oxygen atoms in total. The first-order valence-corrected chi connectivity index (χ1v) is 8.15. The minimum Gasteiger partial charge on any atom is -0.454 e. The fourth-order valence-corrected chi connectivity index (χ4v) is 3.04. The zero-order valence-corrected chi connectivity index (χ0v) is 13.8. The Balaban J connectivity index is 1.54. The van der Waals surface area contributed by atoms with Gasteiger partial charge in [-0.1, -0.05) is 12.1 Å². The molecule has 1 aromatic carbocycles. The van der Waals surface area contributed by atoms with E-state index < -0.39 is 24.4 Å². The third kappa shape index (κ3) is 3.83. The third-order valence-electron chi connectivity index (χ3n) is 3.37. The fourth-order valence-electron chi connectivity index (χ4n) is 2.23. The van der Waals surface area contributed by atoms with E-state index in [1.165, 1.54) is 12.4 Å². The summed E-state index contributed by atoms with van der Waals surface area (Å²) in [4.78, 5) is 39.1. The summed E-state index contributed by atoms with van der Waals surface area (Å²) < 4.78 is 6.60. The van der Waals surface area contributed by atoms with E-state index in [0.29, 0.717) is 5.00 Å². The highest BCUT2D eigenvalue weighted by Crippen LogP contribution is 2.22. The van der Waals surface area contributed by atoms with Gasteiger partial charge in [0, 0.05) is 0 Å². The van der Waals surface area contributed by atoms with Crippen LogP contribution in [0.3, 0.4) is 0 Å². The monoisotopic (exact) mass is 358 g/mol. The second-order valence-corrected chi connectivity index (χ2v) is 6.01. The second-order valence-electron chi connectivity index (χ2n) is 5.10. The summed E-state index contributed by atoms with van der Waals surface area (Å²) in [5.74, 6) is -1.76. The minimum absolute atomic E-state index is 0.0562. The van der Waals surface area contributed by atoms with Crippen LogP contribution in [-0.4, -0.2) is 33.9 Å². The number of carbonyl (C=O) groups is 3. The van der Waals surface area contributed by atoms with Crippen LogP contribution in [0, 0.1) is 0 Å². The van der Waals surface area contributed by atoms with Crippen LogP contribution in [0.25, 0.3) is 11.0 Å². The van der Waals surface area contributed by atoms with E-state index in [4.69, 9.17) is 10.5 Å². The van der Waals surface area contributed by atoms with Crippen molar-refractivity contribution in [1.82, 2.24) is 9.55 Å². The van der Waals surface area contributed by atoms with Crippen molar-refractivity contribution in [3.8, 4) is 0 Å². The number of rotatable bonds is 6. The minimum atomic E-state index is -0.638. The number of anilines is 1. The molecule has 0 aliphatic heterocycles. The lowest BCUT2D eigenvalue weighted by atomic mass is 10.3. The summed E-state index contributed by atoms with van der Waals surface area (Å²) in [6.45, 7) is -0.513. The number of nitrogens with zero attached hydrogens (tertiary/aromatic N) is 2. The highest BCUT2D eigenvalue weighted by molar-refractivity contribution is 7.14. The summed E-state index contributed by atoms with van der Waals surface area (Å²) in [6.07, 6.45) is 1.54. The van der Waals surface area contributed by atoms with Gasteiger partial charge in [0.2, 0.25) is 0 Å². The zero-order chi connectivity index (χ0) is 17.8. The van der Waals surface area contributed by atoms with Crippen LogP contribution in [0.15, 0.2) is 42.0 Å². The van der Waals surface area contributed by atoms with Crippen LogP contribution >= 0.6 is 11.3 Å². The van der Waals surface area contributed by atoms with E-state index in [9.17, 15) is 14.4 Å². The molecule has 0 bridgehead atoms. The average Bonchev–Trinajstić information content (AvgIpc) is 3.20. The Labute approximate surface area is 146 Å². The maximum Gasteiger partial charge on any atom is 0.326 e. The smallest absolute Gasteiger partial charge is 0.326 e. The van der Waals surface area contributed by atoms with E-state index in [1.54, 1.807) is 9.95 Å². The predicted molar refractivity (Wildman–Crippen MR) is 92.2 cm³/mol. The van der Waals surface area contributed by atoms with Crippen molar-refractivity contribution >= 4 is 45.2 Å². The number of imidazole rings is 1. The van der Waals surface area contributed by atoms with E-state index in [1.807, 2.05) is 24.3 Å². The van der Waals surface area contributed by atoms with Crippen molar-refractivity contribution in [2.24, 2.45) is 5.73 Å². The Morgan fingerprint density at radius 1 is 1.24 bits per heavy atom. The number of benzene rings is 1. The van der Waals surface area contributed by atoms with Crippen LogP contribution in [-0.2, 0) is 20.9 Å². The normalized spacial score (nSPS) is 10.6. The van der Waals surface area contributed by atoms with E-state index in [-0.39, 0.29) is 12.1 Å². The first kappa shape index (κ1) is 16.7. The van der Waals surface area contributed by atoms with Crippen LogP contribution in [0.1, 0.15) is 10.4 Å². The first-order valence-electron chi connectivity index (χ1n) is 7.27. The molecule has 0 radical (unpaired) electrons. The molecule has 0 spiro atoms. The van der Waals surface area contributed by atoms with Crippen LogP contribution in [0.4, 0.5) is 5.00 Å². The molecule has 3 N–H and O–H groups in total. The molecule has 0 unspecified atom stereocenters. The molecule has 3 aromatic rings. The fraction of sp³-hybridized carbons (Fsp3) is 0.125. The summed E-state index contributed by atoms with van der Waals surface area (Å²) in [6, 6.07) is 8.88. The first-order chi connectivity index (χ1) is 12.0. The van der Waals surface area contributed by atoms with Gasteiger partial charge in [-0.3, -0.25) is 14.4 Å². The van der Waals surface area contributed by atoms with Gasteiger partial charge in [-0.2, -0.15) is 0 Å². The Kier molecular flexibility index (Phi) is 4.75. The van der Waals surface area contributed by atoms with Gasteiger partial charge in [-0.15, -0.1) is 11.3 Å². The molecule has 25 heavy (non-hydrogen) atoms. The number of primary amides is 1. The molecule has 2 heterocycles. The number of nitrogens with one attached hydrogen (secondary N) is 1. The maximum absolute atomic E-state index is 11.9. The Hall–Kier alpha value is -3.20. The van der Waals surface area contributed by atoms with Crippen molar-refractivity contribution in [3.63, 3.8) is 0 Å². The van der Waals surface area contributed by atoms with Gasteiger partial charge < -0.3 is 20.4 Å². The number of fused-ring (bicyclic) bond motifs is 1. The summed E-state index contributed by atoms with van der Waals surface area (Å²) in [5.41, 5.74) is 6.99. The molecule has 2 amide bonds. The quantitative estimate of drug-likeness (QED) is 0.646. The number of thiophene rings is 1. The van der Waals surface area contributed by atoms with Crippen LogP contribution in [0.2, 0.25) is 0 Å². The average molecular weight is 358 g/mol. The van der Waals surface area contributed by atoms with Gasteiger partial charge in [0.05, 0.1) is 22.9 Å². The predicted octanol–water partition coefficient (Wildman–Crippen LogP) is 1.38. The number of hydrogen-bond donors (Lipinski definition) is 2. The molecule has 0 aliphatic rings. The summed E-state index contributed by atoms with van der Waals surface area (Å²) in [5, 5.41) is 4.46. The third-order valence-corrected chi connectivity index (χ3v) is 4.20. The Bertz CT molecular complexity index is 946. The van der Waals surface area contributed by atoms with Gasteiger partial charge in [0.15, 0.2) is 6.61 Å². The number of amides is 2. The van der Waals surface area contributed by atoms with Gasteiger partial charge in [-0.05, 0) is 23.6 Å². The number of esters is 1. The van der Waals surface area contributed by atoms with Crippen molar-refractivity contribution < 1.29 is 19.1 Å². The number of carbonyl (C=O) groups excluding carboxylic acids is 3. The molecule has 0 saturated carbocycles. The lowest BCUT2D eigenvalue weighted by Gasteiger charge is -2.07. The largest absolute Gasteiger partial charge is 0.454 e. The van der Waals surface area contributed by atoms with Crippen molar-refractivity contribution in [2.45, 2.75) is 6.54 Å². The number of para-hydroxylation sites is 2. The molecule has 3 rings (SSSR count). The molecular formula is C16H14N4O4S. The van der Waals surface area contributed by atoms with Gasteiger partial charge in [0.25, 0.3) is 11.8 Å². The number of aromatic nitrogens is 2.